The fourth-order valence-electron chi connectivity index (χ4n) is 3.12. The van der Waals surface area contributed by atoms with Gasteiger partial charge in [-0.25, -0.2) is 4.98 Å². The van der Waals surface area contributed by atoms with Gasteiger partial charge in [-0.05, 0) is 44.7 Å². The van der Waals surface area contributed by atoms with Gasteiger partial charge in [-0.3, -0.25) is 4.79 Å². The standard InChI is InChI=1S/C18H23N3OS.2ClH/c1-12(19)14-6-8-21(9-7-14)18(22)16-5-3-4-15(10-16)17-11-23-13(2)20-17;;/h3-5,10-12,14H,6-9,19H2,1-2H3;2*1H. The largest absolute Gasteiger partial charge is 0.339 e. The molecule has 1 aliphatic heterocycles. The number of nitrogens with two attached hydrogens (primary N) is 1. The monoisotopic (exact) mass is 401 g/mol. The number of aryl methyl sites for hydroxylation is 1. The predicted molar refractivity (Wildman–Crippen MR) is 109 cm³/mol. The van der Waals surface area contributed by atoms with E-state index < -0.39 is 0 Å². The Hall–Kier alpha value is -1.14. The lowest BCUT2D eigenvalue weighted by Crippen LogP contribution is -2.42. The maximum absolute atomic E-state index is 12.7. The Bertz CT molecular complexity index is 697. The molecule has 2 heterocycles. The number of rotatable bonds is 3. The average molecular weight is 402 g/mol. The van der Waals surface area contributed by atoms with E-state index in [0.717, 1.165) is 47.8 Å². The Balaban J connectivity index is 0.00000156. The first-order chi connectivity index (χ1) is 11.0. The van der Waals surface area contributed by atoms with Crippen molar-refractivity contribution >= 4 is 42.1 Å². The van der Waals surface area contributed by atoms with Crippen LogP contribution < -0.4 is 5.73 Å². The third kappa shape index (κ3) is 5.17. The molecule has 3 rings (SSSR count). The molecule has 1 amide bonds. The van der Waals surface area contributed by atoms with Crippen LogP contribution in [0.4, 0.5) is 0 Å². The van der Waals surface area contributed by atoms with Crippen LogP contribution >= 0.6 is 36.2 Å². The smallest absolute Gasteiger partial charge is 0.253 e. The molecule has 0 spiro atoms. The minimum Gasteiger partial charge on any atom is -0.339 e. The molecule has 7 heteroatoms. The van der Waals surface area contributed by atoms with Gasteiger partial charge in [-0.1, -0.05) is 12.1 Å². The van der Waals surface area contributed by atoms with E-state index in [2.05, 4.69) is 11.9 Å². The van der Waals surface area contributed by atoms with Gasteiger partial charge in [0.25, 0.3) is 5.91 Å². The van der Waals surface area contributed by atoms with Crippen LogP contribution in [0.2, 0.25) is 0 Å². The first kappa shape index (κ1) is 21.9. The van der Waals surface area contributed by atoms with E-state index in [4.69, 9.17) is 5.73 Å². The van der Waals surface area contributed by atoms with Crippen LogP contribution in [-0.4, -0.2) is 34.9 Å². The molecule has 0 aliphatic carbocycles. The lowest BCUT2D eigenvalue weighted by molar-refractivity contribution is 0.0681. The summed E-state index contributed by atoms with van der Waals surface area (Å²) in [5.74, 6) is 0.644. The zero-order valence-corrected chi connectivity index (χ0v) is 16.9. The van der Waals surface area contributed by atoms with Crippen LogP contribution in [0.15, 0.2) is 29.6 Å². The van der Waals surface area contributed by atoms with Crippen molar-refractivity contribution in [2.75, 3.05) is 13.1 Å². The molecule has 2 aromatic rings. The zero-order valence-electron chi connectivity index (χ0n) is 14.5. The molecule has 25 heavy (non-hydrogen) atoms. The van der Waals surface area contributed by atoms with Gasteiger partial charge in [0.2, 0.25) is 0 Å². The number of thiazole rings is 1. The predicted octanol–water partition coefficient (Wildman–Crippen LogP) is 4.16. The van der Waals surface area contributed by atoms with Crippen molar-refractivity contribution in [1.82, 2.24) is 9.88 Å². The molecule has 138 valence electrons. The van der Waals surface area contributed by atoms with E-state index in [1.165, 1.54) is 0 Å². The summed E-state index contributed by atoms with van der Waals surface area (Å²) in [6, 6.07) is 8.00. The molecule has 1 aliphatic rings. The number of carbonyl (C=O) groups excluding carboxylic acids is 1. The molecule has 1 unspecified atom stereocenters. The van der Waals surface area contributed by atoms with Crippen molar-refractivity contribution < 1.29 is 4.79 Å². The molecule has 1 atom stereocenters. The van der Waals surface area contributed by atoms with E-state index in [1.54, 1.807) is 11.3 Å². The number of hydrogen-bond donors (Lipinski definition) is 1. The lowest BCUT2D eigenvalue weighted by Gasteiger charge is -2.33. The second-order valence-electron chi connectivity index (χ2n) is 6.32. The lowest BCUT2D eigenvalue weighted by atomic mass is 9.90. The number of halogens is 2. The third-order valence-electron chi connectivity index (χ3n) is 4.59. The number of hydrogen-bond acceptors (Lipinski definition) is 4. The van der Waals surface area contributed by atoms with Crippen molar-refractivity contribution in [2.45, 2.75) is 32.7 Å². The Morgan fingerprint density at radius 3 is 2.56 bits per heavy atom. The number of benzene rings is 1. The maximum atomic E-state index is 12.7. The van der Waals surface area contributed by atoms with Crippen LogP contribution in [-0.2, 0) is 0 Å². The maximum Gasteiger partial charge on any atom is 0.253 e. The first-order valence-electron chi connectivity index (χ1n) is 8.12. The summed E-state index contributed by atoms with van der Waals surface area (Å²) in [4.78, 5) is 19.2. The van der Waals surface area contributed by atoms with E-state index in [0.29, 0.717) is 5.92 Å². The van der Waals surface area contributed by atoms with Gasteiger partial charge < -0.3 is 10.6 Å². The van der Waals surface area contributed by atoms with Crippen molar-refractivity contribution in [3.8, 4) is 11.3 Å². The Morgan fingerprint density at radius 2 is 2.00 bits per heavy atom. The normalized spacial score (nSPS) is 15.9. The van der Waals surface area contributed by atoms with Crippen molar-refractivity contribution in [2.24, 2.45) is 11.7 Å². The number of amides is 1. The van der Waals surface area contributed by atoms with Crippen LogP contribution in [0, 0.1) is 12.8 Å². The first-order valence-corrected chi connectivity index (χ1v) is 9.00. The summed E-state index contributed by atoms with van der Waals surface area (Å²) in [6.45, 7) is 5.64. The van der Waals surface area contributed by atoms with E-state index in [-0.39, 0.29) is 36.8 Å². The molecule has 0 saturated carbocycles. The van der Waals surface area contributed by atoms with E-state index >= 15 is 0 Å². The zero-order chi connectivity index (χ0) is 16.4. The molecule has 4 nitrogen and oxygen atoms in total. The molecule has 1 saturated heterocycles. The number of aromatic nitrogens is 1. The number of nitrogens with zero attached hydrogens (tertiary/aromatic N) is 2. The Morgan fingerprint density at radius 1 is 1.32 bits per heavy atom. The topological polar surface area (TPSA) is 59.2 Å². The molecule has 1 aromatic carbocycles. The molecular formula is C18H25Cl2N3OS. The molecule has 2 N–H and O–H groups in total. The average Bonchev–Trinajstić information content (AvgIpc) is 3.01. The highest BCUT2D eigenvalue weighted by atomic mass is 35.5. The quantitative estimate of drug-likeness (QED) is 0.839. The number of carbonyl (C=O) groups is 1. The van der Waals surface area contributed by atoms with Crippen LogP contribution in [0.1, 0.15) is 35.1 Å². The summed E-state index contributed by atoms with van der Waals surface area (Å²) in [5.41, 5.74) is 8.67. The number of likely N-dealkylation sites (tertiary alicyclic amines) is 1. The van der Waals surface area contributed by atoms with Crippen LogP contribution in [0.3, 0.4) is 0 Å². The van der Waals surface area contributed by atoms with Crippen LogP contribution in [0.5, 0.6) is 0 Å². The molecule has 1 fully saturated rings. The van der Waals surface area contributed by atoms with Gasteiger partial charge in [0.15, 0.2) is 0 Å². The van der Waals surface area contributed by atoms with Gasteiger partial charge in [-0.2, -0.15) is 0 Å². The minimum atomic E-state index is 0. The fourth-order valence-corrected chi connectivity index (χ4v) is 3.74. The van der Waals surface area contributed by atoms with Crippen molar-refractivity contribution in [1.29, 1.82) is 0 Å². The molecule has 0 bridgehead atoms. The highest BCUT2D eigenvalue weighted by Crippen LogP contribution is 2.25. The SMILES string of the molecule is Cc1nc(-c2cccc(C(=O)N3CCC(C(C)N)CC3)c2)cs1.Cl.Cl. The van der Waals surface area contributed by atoms with Gasteiger partial charge in [-0.15, -0.1) is 36.2 Å². The fraction of sp³-hybridized carbons (Fsp3) is 0.444. The van der Waals surface area contributed by atoms with E-state index in [9.17, 15) is 4.79 Å². The van der Waals surface area contributed by atoms with Crippen molar-refractivity contribution in [3.05, 3.63) is 40.2 Å². The summed E-state index contributed by atoms with van der Waals surface area (Å²) in [5, 5.41) is 3.07. The van der Waals surface area contributed by atoms with Crippen LogP contribution in [0.25, 0.3) is 11.3 Å². The highest BCUT2D eigenvalue weighted by Gasteiger charge is 2.25. The van der Waals surface area contributed by atoms with Gasteiger partial charge in [0.1, 0.15) is 0 Å². The second kappa shape index (κ2) is 9.53. The third-order valence-corrected chi connectivity index (χ3v) is 5.37. The van der Waals surface area contributed by atoms with E-state index in [1.807, 2.05) is 41.5 Å². The summed E-state index contributed by atoms with van der Waals surface area (Å²) in [6.07, 6.45) is 1.99. The van der Waals surface area contributed by atoms with Gasteiger partial charge >= 0.3 is 0 Å². The Kier molecular flexibility index (Phi) is 8.35. The van der Waals surface area contributed by atoms with Crippen molar-refractivity contribution in [3.63, 3.8) is 0 Å². The Labute approximate surface area is 165 Å². The molecular weight excluding hydrogens is 377 g/mol. The second-order valence-corrected chi connectivity index (χ2v) is 7.38. The molecule has 1 aromatic heterocycles. The minimum absolute atomic E-state index is 0. The highest BCUT2D eigenvalue weighted by molar-refractivity contribution is 7.09. The molecule has 0 radical (unpaired) electrons. The number of piperidine rings is 1. The summed E-state index contributed by atoms with van der Waals surface area (Å²) < 4.78 is 0. The summed E-state index contributed by atoms with van der Waals surface area (Å²) in [7, 11) is 0. The van der Waals surface area contributed by atoms with Gasteiger partial charge in [0.05, 0.1) is 10.7 Å². The van der Waals surface area contributed by atoms with Gasteiger partial charge in [0, 0.05) is 35.6 Å². The summed E-state index contributed by atoms with van der Waals surface area (Å²) >= 11 is 1.63.